The zero-order valence-corrected chi connectivity index (χ0v) is 10.5. The summed E-state index contributed by atoms with van der Waals surface area (Å²) in [4.78, 5) is 4.00. The lowest BCUT2D eigenvalue weighted by Crippen LogP contribution is -2.00. The molecule has 0 saturated heterocycles. The number of fused-ring (bicyclic) bond motifs is 1. The zero-order valence-electron chi connectivity index (χ0n) is 8.94. The third-order valence-electron chi connectivity index (χ3n) is 2.56. The van der Waals surface area contributed by atoms with Crippen LogP contribution >= 0.6 is 15.9 Å². The van der Waals surface area contributed by atoms with Gasteiger partial charge in [0.05, 0.1) is 16.2 Å². The fourth-order valence-corrected chi connectivity index (χ4v) is 2.29. The number of halogens is 3. The summed E-state index contributed by atoms with van der Waals surface area (Å²) in [6, 6.07) is 3.38. The Morgan fingerprint density at radius 3 is 2.72 bits per heavy atom. The molecule has 0 bridgehead atoms. The van der Waals surface area contributed by atoms with E-state index in [0.717, 1.165) is 11.5 Å². The lowest BCUT2D eigenvalue weighted by Gasteiger charge is -2.06. The fraction of sp³-hybridized carbons (Fsp3) is 0. The Labute approximate surface area is 109 Å². The Morgan fingerprint density at radius 2 is 1.94 bits per heavy atom. The van der Waals surface area contributed by atoms with Crippen molar-refractivity contribution in [2.24, 2.45) is 0 Å². The molecule has 0 radical (unpaired) electrons. The highest BCUT2D eigenvalue weighted by Crippen LogP contribution is 2.26. The lowest BCUT2D eigenvalue weighted by molar-refractivity contribution is 0.575. The molecule has 0 aliphatic heterocycles. The molecule has 18 heavy (non-hydrogen) atoms. The van der Waals surface area contributed by atoms with E-state index in [1.165, 1.54) is 16.8 Å². The van der Waals surface area contributed by atoms with E-state index >= 15 is 0 Å². The van der Waals surface area contributed by atoms with Crippen molar-refractivity contribution in [1.82, 2.24) is 14.8 Å². The van der Waals surface area contributed by atoms with E-state index in [-0.39, 0.29) is 5.69 Å². The quantitative estimate of drug-likeness (QED) is 0.689. The van der Waals surface area contributed by atoms with E-state index in [4.69, 9.17) is 0 Å². The molecule has 3 rings (SSSR count). The summed E-state index contributed by atoms with van der Waals surface area (Å²) in [5.41, 5.74) is 0.883. The van der Waals surface area contributed by atoms with Crippen LogP contribution in [0.1, 0.15) is 0 Å². The molecule has 1 aromatic carbocycles. The van der Waals surface area contributed by atoms with Gasteiger partial charge in [-0.1, -0.05) is 0 Å². The highest BCUT2D eigenvalue weighted by molar-refractivity contribution is 9.10. The van der Waals surface area contributed by atoms with Crippen LogP contribution in [0.3, 0.4) is 0 Å². The first-order valence-corrected chi connectivity index (χ1v) is 5.89. The highest BCUT2D eigenvalue weighted by Gasteiger charge is 2.12. The predicted octanol–water partition coefficient (Wildman–Crippen LogP) is 3.46. The first-order chi connectivity index (χ1) is 8.66. The zero-order chi connectivity index (χ0) is 12.7. The monoisotopic (exact) mass is 309 g/mol. The number of hydrogen-bond acceptors (Lipinski definition) is 2. The molecule has 3 nitrogen and oxygen atoms in total. The summed E-state index contributed by atoms with van der Waals surface area (Å²) in [6.07, 6.45) is 4.81. The van der Waals surface area contributed by atoms with Gasteiger partial charge in [-0.3, -0.25) is 4.98 Å². The Kier molecular flexibility index (Phi) is 2.59. The fourth-order valence-electron chi connectivity index (χ4n) is 1.77. The summed E-state index contributed by atoms with van der Waals surface area (Å²) in [5, 5.41) is 4.87. The molecular weight excluding hydrogens is 304 g/mol. The van der Waals surface area contributed by atoms with E-state index < -0.39 is 11.6 Å². The largest absolute Gasteiger partial charge is 0.263 e. The molecular formula is C12H6BrF2N3. The maximum absolute atomic E-state index is 13.7. The van der Waals surface area contributed by atoms with Crippen LogP contribution in [-0.4, -0.2) is 14.8 Å². The van der Waals surface area contributed by atoms with E-state index in [2.05, 4.69) is 26.0 Å². The molecule has 0 atom stereocenters. The minimum Gasteiger partial charge on any atom is -0.263 e. The van der Waals surface area contributed by atoms with Crippen molar-refractivity contribution < 1.29 is 8.78 Å². The summed E-state index contributed by atoms with van der Waals surface area (Å²) < 4.78 is 28.7. The summed E-state index contributed by atoms with van der Waals surface area (Å²) >= 11 is 3.34. The van der Waals surface area contributed by atoms with E-state index in [9.17, 15) is 8.78 Å². The van der Waals surface area contributed by atoms with Crippen molar-refractivity contribution >= 4 is 26.8 Å². The lowest BCUT2D eigenvalue weighted by atomic mass is 10.3. The number of benzene rings is 1. The van der Waals surface area contributed by atoms with Crippen molar-refractivity contribution in [2.45, 2.75) is 0 Å². The maximum Gasteiger partial charge on any atom is 0.151 e. The molecule has 3 aromatic rings. The van der Waals surface area contributed by atoms with Crippen molar-refractivity contribution in [3.05, 3.63) is 52.9 Å². The number of nitrogens with zero attached hydrogens (tertiary/aromatic N) is 3. The van der Waals surface area contributed by atoms with Crippen molar-refractivity contribution in [2.75, 3.05) is 0 Å². The third-order valence-corrected chi connectivity index (χ3v) is 3.14. The van der Waals surface area contributed by atoms with Crippen LogP contribution in [0.5, 0.6) is 0 Å². The van der Waals surface area contributed by atoms with Gasteiger partial charge < -0.3 is 0 Å². The number of rotatable bonds is 1. The molecule has 0 unspecified atom stereocenters. The van der Waals surface area contributed by atoms with Gasteiger partial charge in [-0.2, -0.15) is 5.10 Å². The molecule has 90 valence electrons. The first-order valence-electron chi connectivity index (χ1n) is 5.09. The molecule has 0 aliphatic rings. The molecule has 0 saturated carbocycles. The van der Waals surface area contributed by atoms with Crippen LogP contribution in [0.25, 0.3) is 16.6 Å². The number of pyridine rings is 1. The molecule has 2 heterocycles. The van der Waals surface area contributed by atoms with Gasteiger partial charge in [-0.15, -0.1) is 0 Å². The summed E-state index contributed by atoms with van der Waals surface area (Å²) in [6.45, 7) is 0. The van der Waals surface area contributed by atoms with Crippen LogP contribution in [-0.2, 0) is 0 Å². The molecule has 6 heteroatoms. The molecule has 0 spiro atoms. The van der Waals surface area contributed by atoms with E-state index in [1.807, 2.05) is 0 Å². The summed E-state index contributed by atoms with van der Waals surface area (Å²) in [7, 11) is 0. The Bertz CT molecular complexity index is 739. The molecule has 0 fully saturated rings. The molecule has 0 N–H and O–H groups in total. The molecule has 0 amide bonds. The second-order valence-electron chi connectivity index (χ2n) is 3.71. The topological polar surface area (TPSA) is 30.7 Å². The smallest absolute Gasteiger partial charge is 0.151 e. The Balaban J connectivity index is 2.32. The van der Waals surface area contributed by atoms with Crippen molar-refractivity contribution in [3.63, 3.8) is 0 Å². The SMILES string of the molecule is Fc1ccc(-n2ncc3cncc(Br)c32)c(F)c1. The third kappa shape index (κ3) is 1.69. The predicted molar refractivity (Wildman–Crippen MR) is 66.5 cm³/mol. The van der Waals surface area contributed by atoms with Gasteiger partial charge in [-0.25, -0.2) is 13.5 Å². The second kappa shape index (κ2) is 4.13. The Hall–Kier alpha value is -1.82. The van der Waals surface area contributed by atoms with Gasteiger partial charge in [0.15, 0.2) is 5.82 Å². The molecule has 0 aliphatic carbocycles. The van der Waals surface area contributed by atoms with Crippen LogP contribution < -0.4 is 0 Å². The average molecular weight is 310 g/mol. The van der Waals surface area contributed by atoms with Gasteiger partial charge in [0.2, 0.25) is 0 Å². The maximum atomic E-state index is 13.7. The second-order valence-corrected chi connectivity index (χ2v) is 4.57. The van der Waals surface area contributed by atoms with Crippen molar-refractivity contribution in [1.29, 1.82) is 0 Å². The van der Waals surface area contributed by atoms with Crippen LogP contribution in [0.15, 0.2) is 41.3 Å². The average Bonchev–Trinajstić information content (AvgIpc) is 2.74. The van der Waals surface area contributed by atoms with Crippen LogP contribution in [0, 0.1) is 11.6 Å². The Morgan fingerprint density at radius 1 is 1.11 bits per heavy atom. The minimum absolute atomic E-state index is 0.193. The van der Waals surface area contributed by atoms with Gasteiger partial charge in [0, 0.05) is 23.8 Å². The highest BCUT2D eigenvalue weighted by atomic mass is 79.9. The van der Waals surface area contributed by atoms with Crippen LogP contribution in [0.4, 0.5) is 8.78 Å². The number of aromatic nitrogens is 3. The first kappa shape index (κ1) is 11.3. The van der Waals surface area contributed by atoms with E-state index in [1.54, 1.807) is 18.6 Å². The van der Waals surface area contributed by atoms with Gasteiger partial charge in [0.1, 0.15) is 11.5 Å². The van der Waals surface area contributed by atoms with Gasteiger partial charge in [-0.05, 0) is 28.1 Å². The normalized spacial score (nSPS) is 11.1. The summed E-state index contributed by atoms with van der Waals surface area (Å²) in [5.74, 6) is -1.28. The minimum atomic E-state index is -0.663. The standard InChI is InChI=1S/C12H6BrF2N3/c13-9-6-16-4-7-5-17-18(12(7)9)11-2-1-8(14)3-10(11)15/h1-6H. The van der Waals surface area contributed by atoms with Crippen molar-refractivity contribution in [3.8, 4) is 5.69 Å². The van der Waals surface area contributed by atoms with E-state index in [0.29, 0.717) is 9.99 Å². The number of hydrogen-bond donors (Lipinski definition) is 0. The molecule has 2 aromatic heterocycles. The van der Waals surface area contributed by atoms with Crippen LogP contribution in [0.2, 0.25) is 0 Å². The van der Waals surface area contributed by atoms with Gasteiger partial charge in [0.25, 0.3) is 0 Å². The van der Waals surface area contributed by atoms with Gasteiger partial charge >= 0.3 is 0 Å².